The number of benzene rings is 3. The van der Waals surface area contributed by atoms with E-state index in [2.05, 4.69) is 5.32 Å². The summed E-state index contributed by atoms with van der Waals surface area (Å²) in [4.78, 5) is 28.0. The second-order valence-corrected chi connectivity index (χ2v) is 8.04. The highest BCUT2D eigenvalue weighted by molar-refractivity contribution is 6.46. The van der Waals surface area contributed by atoms with E-state index in [0.717, 1.165) is 28.2 Å². The summed E-state index contributed by atoms with van der Waals surface area (Å²) in [5, 5.41) is 3.25. The van der Waals surface area contributed by atoms with E-state index in [1.54, 1.807) is 31.2 Å². The van der Waals surface area contributed by atoms with Crippen LogP contribution in [0.15, 0.2) is 60.3 Å². The Kier molecular flexibility index (Phi) is 5.57. The molecule has 1 aliphatic rings. The highest BCUT2D eigenvalue weighted by Gasteiger charge is 2.41. The highest BCUT2D eigenvalue weighted by Crippen LogP contribution is 2.37. The maximum atomic E-state index is 13.8. The number of hydrogen-bond donors (Lipinski definition) is 1. The maximum absolute atomic E-state index is 13.8. The third-order valence-corrected chi connectivity index (χ3v) is 5.96. The van der Waals surface area contributed by atoms with E-state index in [1.165, 1.54) is 6.07 Å². The Balaban J connectivity index is 1.88. The van der Waals surface area contributed by atoms with Crippen molar-refractivity contribution in [2.75, 3.05) is 10.2 Å². The lowest BCUT2D eigenvalue weighted by atomic mass is 9.99. The number of aryl methyl sites for hydroxylation is 2. The molecule has 0 fully saturated rings. The zero-order chi connectivity index (χ0) is 23.2. The molecule has 4 nitrogen and oxygen atoms in total. The van der Waals surface area contributed by atoms with Crippen LogP contribution in [0.4, 0.5) is 20.2 Å². The van der Waals surface area contributed by atoms with Gasteiger partial charge in [-0.05, 0) is 67.3 Å². The van der Waals surface area contributed by atoms with Crippen molar-refractivity contribution in [1.82, 2.24) is 0 Å². The van der Waals surface area contributed by atoms with Crippen LogP contribution in [0, 0.1) is 32.4 Å². The van der Waals surface area contributed by atoms with E-state index in [4.69, 9.17) is 11.6 Å². The predicted molar refractivity (Wildman–Crippen MR) is 121 cm³/mol. The molecule has 1 N–H and O–H groups in total. The van der Waals surface area contributed by atoms with E-state index in [1.807, 2.05) is 26.0 Å². The Morgan fingerprint density at radius 3 is 2.28 bits per heavy atom. The molecule has 162 valence electrons. The number of nitrogens with one attached hydrogen (secondary N) is 1. The molecule has 2 amide bonds. The van der Waals surface area contributed by atoms with Crippen LogP contribution in [0.25, 0.3) is 5.57 Å². The summed E-state index contributed by atoms with van der Waals surface area (Å²) in [7, 11) is 0. The average molecular weight is 453 g/mol. The molecule has 0 saturated carbocycles. The molecule has 0 atom stereocenters. The smallest absolute Gasteiger partial charge is 0.282 e. The first kappa shape index (κ1) is 21.7. The van der Waals surface area contributed by atoms with Crippen LogP contribution in [-0.2, 0) is 9.59 Å². The molecule has 0 saturated heterocycles. The third-order valence-electron chi connectivity index (χ3n) is 5.55. The second-order valence-electron chi connectivity index (χ2n) is 7.63. The van der Waals surface area contributed by atoms with Crippen molar-refractivity contribution in [2.45, 2.75) is 20.8 Å². The van der Waals surface area contributed by atoms with Crippen LogP contribution < -0.4 is 10.2 Å². The molecule has 32 heavy (non-hydrogen) atoms. The first-order valence-corrected chi connectivity index (χ1v) is 10.2. The molecule has 0 spiro atoms. The van der Waals surface area contributed by atoms with E-state index in [-0.39, 0.29) is 17.0 Å². The van der Waals surface area contributed by atoms with E-state index < -0.39 is 23.4 Å². The molecule has 0 unspecified atom stereocenters. The van der Waals surface area contributed by atoms with Crippen LogP contribution in [-0.4, -0.2) is 11.8 Å². The summed E-state index contributed by atoms with van der Waals surface area (Å²) in [6, 6.07) is 13.6. The first-order valence-electron chi connectivity index (χ1n) is 9.87. The van der Waals surface area contributed by atoms with Crippen molar-refractivity contribution in [1.29, 1.82) is 0 Å². The van der Waals surface area contributed by atoms with Gasteiger partial charge in [-0.2, -0.15) is 0 Å². The number of nitrogens with zero attached hydrogens (tertiary/aromatic N) is 1. The molecular weight excluding hydrogens is 434 g/mol. The predicted octanol–water partition coefficient (Wildman–Crippen LogP) is 5.94. The average Bonchev–Trinajstić information content (AvgIpc) is 2.99. The standard InChI is InChI=1S/C25H19ClF2N2O2/c1-13-7-8-16(11-14(13)2)22-23(29-17-9-10-19(27)20(28)12-17)25(32)30(24(22)31)21-6-4-5-18(26)15(21)3/h4-12,29H,1-3H3. The van der Waals surface area contributed by atoms with E-state index in [9.17, 15) is 18.4 Å². The molecular formula is C25H19ClF2N2O2. The van der Waals surface area contributed by atoms with Crippen LogP contribution in [0.5, 0.6) is 0 Å². The number of hydrogen-bond acceptors (Lipinski definition) is 3. The Morgan fingerprint density at radius 2 is 1.59 bits per heavy atom. The van der Waals surface area contributed by atoms with Gasteiger partial charge in [-0.25, -0.2) is 13.7 Å². The van der Waals surface area contributed by atoms with Crippen molar-refractivity contribution in [3.05, 3.63) is 99.2 Å². The first-order chi connectivity index (χ1) is 15.2. The zero-order valence-electron chi connectivity index (χ0n) is 17.6. The lowest BCUT2D eigenvalue weighted by Crippen LogP contribution is -2.33. The summed E-state index contributed by atoms with van der Waals surface area (Å²) in [6.45, 7) is 5.56. The molecule has 0 aliphatic carbocycles. The Bertz CT molecular complexity index is 1320. The molecule has 0 aromatic heterocycles. The quantitative estimate of drug-likeness (QED) is 0.498. The van der Waals surface area contributed by atoms with Crippen LogP contribution in [0.1, 0.15) is 22.3 Å². The maximum Gasteiger partial charge on any atom is 0.282 e. The van der Waals surface area contributed by atoms with Crippen molar-refractivity contribution < 1.29 is 18.4 Å². The number of rotatable bonds is 4. The SMILES string of the molecule is Cc1ccc(C2=C(Nc3ccc(F)c(F)c3)C(=O)N(c3cccc(Cl)c3C)C2=O)cc1C. The van der Waals surface area contributed by atoms with Gasteiger partial charge in [0, 0.05) is 16.8 Å². The number of carbonyl (C=O) groups excluding carboxylic acids is 2. The fourth-order valence-corrected chi connectivity index (χ4v) is 3.76. The summed E-state index contributed by atoms with van der Waals surface area (Å²) in [6.07, 6.45) is 0. The van der Waals surface area contributed by atoms with Gasteiger partial charge in [-0.15, -0.1) is 0 Å². The molecule has 1 aliphatic heterocycles. The lowest BCUT2D eigenvalue weighted by molar-refractivity contribution is -0.120. The van der Waals surface area contributed by atoms with Crippen molar-refractivity contribution >= 4 is 40.4 Å². The number of imide groups is 1. The molecule has 7 heteroatoms. The number of amides is 2. The van der Waals surface area contributed by atoms with Gasteiger partial charge >= 0.3 is 0 Å². The van der Waals surface area contributed by atoms with Gasteiger partial charge in [0.05, 0.1) is 11.3 Å². The van der Waals surface area contributed by atoms with Gasteiger partial charge in [-0.1, -0.05) is 35.9 Å². The normalized spacial score (nSPS) is 13.9. The summed E-state index contributed by atoms with van der Waals surface area (Å²) < 4.78 is 27.2. The van der Waals surface area contributed by atoms with Gasteiger partial charge in [0.15, 0.2) is 11.6 Å². The fourth-order valence-electron chi connectivity index (χ4n) is 3.59. The number of anilines is 2. The van der Waals surface area contributed by atoms with E-state index >= 15 is 0 Å². The van der Waals surface area contributed by atoms with Gasteiger partial charge in [-0.3, -0.25) is 9.59 Å². The minimum absolute atomic E-state index is 0.0244. The summed E-state index contributed by atoms with van der Waals surface area (Å²) in [5.41, 5.74) is 3.71. The molecule has 4 rings (SSSR count). The van der Waals surface area contributed by atoms with Crippen LogP contribution >= 0.6 is 11.6 Å². The molecule has 1 heterocycles. The van der Waals surface area contributed by atoms with Gasteiger partial charge < -0.3 is 5.32 Å². The second kappa shape index (κ2) is 8.20. The highest BCUT2D eigenvalue weighted by atomic mass is 35.5. The zero-order valence-corrected chi connectivity index (χ0v) is 18.3. The fraction of sp³-hybridized carbons (Fsp3) is 0.120. The number of carbonyl (C=O) groups is 2. The van der Waals surface area contributed by atoms with Gasteiger partial charge in [0.2, 0.25) is 0 Å². The van der Waals surface area contributed by atoms with Crippen LogP contribution in [0.3, 0.4) is 0 Å². The van der Waals surface area contributed by atoms with Gasteiger partial charge in [0.25, 0.3) is 11.8 Å². The Hall–Kier alpha value is -3.51. The third kappa shape index (κ3) is 3.67. The molecule has 0 radical (unpaired) electrons. The largest absolute Gasteiger partial charge is 0.350 e. The molecule has 3 aromatic rings. The summed E-state index contributed by atoms with van der Waals surface area (Å²) in [5.74, 6) is -3.22. The monoisotopic (exact) mass is 452 g/mol. The van der Waals surface area contributed by atoms with Crippen molar-refractivity contribution in [3.8, 4) is 0 Å². The topological polar surface area (TPSA) is 49.4 Å². The van der Waals surface area contributed by atoms with Crippen molar-refractivity contribution in [3.63, 3.8) is 0 Å². The molecule has 3 aromatic carbocycles. The Morgan fingerprint density at radius 1 is 0.844 bits per heavy atom. The van der Waals surface area contributed by atoms with Crippen LogP contribution in [0.2, 0.25) is 5.02 Å². The van der Waals surface area contributed by atoms with Crippen molar-refractivity contribution in [2.24, 2.45) is 0 Å². The lowest BCUT2D eigenvalue weighted by Gasteiger charge is -2.18. The van der Waals surface area contributed by atoms with Gasteiger partial charge in [0.1, 0.15) is 5.70 Å². The summed E-state index contributed by atoms with van der Waals surface area (Å²) >= 11 is 6.22. The van der Waals surface area contributed by atoms with E-state index in [0.29, 0.717) is 21.8 Å². The minimum atomic E-state index is -1.07. The minimum Gasteiger partial charge on any atom is -0.350 e. The number of halogens is 3. The molecule has 0 bridgehead atoms. The Labute approximate surface area is 189 Å².